The van der Waals surface area contributed by atoms with Crippen LogP contribution in [0.3, 0.4) is 0 Å². The predicted octanol–water partition coefficient (Wildman–Crippen LogP) is 11.9. The predicted molar refractivity (Wildman–Crippen MR) is 227 cm³/mol. The highest BCUT2D eigenvalue weighted by molar-refractivity contribution is 6.28. The summed E-state index contributed by atoms with van der Waals surface area (Å²) < 4.78 is 2.33. The Morgan fingerprint density at radius 1 is 0.600 bits per heavy atom. The average Bonchev–Trinajstić information content (AvgIpc) is 3.69. The number of hydrogen-bond acceptors (Lipinski definition) is 2. The second-order valence-corrected chi connectivity index (χ2v) is 15.1. The number of rotatable bonds is 3. The maximum atomic E-state index is 9.30. The summed E-state index contributed by atoms with van der Waals surface area (Å²) in [4.78, 5) is 13.4. The highest BCUT2D eigenvalue weighted by atomic mass is 15.0. The van der Waals surface area contributed by atoms with Gasteiger partial charge in [0.25, 0.3) is 0 Å². The number of nitrogens with one attached hydrogen (secondary N) is 2. The quantitative estimate of drug-likeness (QED) is 0.139. The standard InChI is InChI=1S/C50H35N5/c1-50(2)40-20-9-7-18-37(40)39-29-32(22-25-41(39)50)47-38-19-8-10-21-42(38)52-49(53-47)54-48(51)33-14-11-15-34(28-33)55-43-26-23-30-12-3-5-16-35(30)45(43)46-36-17-6-4-13-31(36)24-27-44(46)55/h3-29H,1-2H3,(H2,51,52,53,54). The number of aromatic amines is 1. The van der Waals surface area contributed by atoms with Crippen molar-refractivity contribution in [3.63, 3.8) is 0 Å². The topological polar surface area (TPSA) is 69.8 Å². The Bertz CT molecular complexity index is 3230. The molecule has 0 amide bonds. The summed E-state index contributed by atoms with van der Waals surface area (Å²) in [5.41, 5.74) is 12.2. The van der Waals surface area contributed by atoms with Crippen molar-refractivity contribution in [3.8, 4) is 28.1 Å². The molecule has 10 aromatic rings. The Morgan fingerprint density at radius 3 is 1.98 bits per heavy atom. The van der Waals surface area contributed by atoms with Crippen molar-refractivity contribution in [1.29, 1.82) is 5.41 Å². The lowest BCUT2D eigenvalue weighted by atomic mass is 9.82. The zero-order chi connectivity index (χ0) is 36.8. The number of benzene rings is 8. The van der Waals surface area contributed by atoms with Gasteiger partial charge in [0.2, 0.25) is 5.62 Å². The van der Waals surface area contributed by atoms with E-state index in [4.69, 9.17) is 9.98 Å². The Labute approximate surface area is 317 Å². The number of H-pyrrole nitrogens is 1. The van der Waals surface area contributed by atoms with Crippen LogP contribution in [0.5, 0.6) is 0 Å². The maximum absolute atomic E-state index is 9.30. The molecule has 2 heterocycles. The van der Waals surface area contributed by atoms with E-state index in [-0.39, 0.29) is 11.3 Å². The third-order valence-electron chi connectivity index (χ3n) is 11.6. The van der Waals surface area contributed by atoms with Crippen molar-refractivity contribution in [2.45, 2.75) is 19.3 Å². The van der Waals surface area contributed by atoms with Crippen molar-refractivity contribution >= 4 is 60.1 Å². The fraction of sp³-hybridized carbons (Fsp3) is 0.0600. The number of para-hydroxylation sites is 1. The smallest absolute Gasteiger partial charge is 0.229 e. The van der Waals surface area contributed by atoms with Crippen molar-refractivity contribution in [2.24, 2.45) is 4.99 Å². The van der Waals surface area contributed by atoms with E-state index in [0.717, 1.165) is 38.9 Å². The third-order valence-corrected chi connectivity index (χ3v) is 11.6. The highest BCUT2D eigenvalue weighted by Crippen LogP contribution is 2.49. The van der Waals surface area contributed by atoms with Crippen LogP contribution in [0.25, 0.3) is 82.3 Å². The number of aromatic nitrogens is 3. The molecule has 0 bridgehead atoms. The summed E-state index contributed by atoms with van der Waals surface area (Å²) in [7, 11) is 0. The maximum Gasteiger partial charge on any atom is 0.229 e. The molecular formula is C50H35N5. The summed E-state index contributed by atoms with van der Waals surface area (Å²) in [6.07, 6.45) is 0. The van der Waals surface area contributed by atoms with Gasteiger partial charge in [0.05, 0.1) is 22.2 Å². The Hall–Kier alpha value is -7.11. The van der Waals surface area contributed by atoms with Gasteiger partial charge in [0.15, 0.2) is 5.84 Å². The molecule has 260 valence electrons. The molecule has 0 radical (unpaired) electrons. The van der Waals surface area contributed by atoms with Crippen LogP contribution in [0.4, 0.5) is 0 Å². The minimum atomic E-state index is -0.0741. The van der Waals surface area contributed by atoms with E-state index in [0.29, 0.717) is 11.2 Å². The van der Waals surface area contributed by atoms with Gasteiger partial charge in [0.1, 0.15) is 0 Å². The van der Waals surface area contributed by atoms with E-state index >= 15 is 0 Å². The first kappa shape index (κ1) is 31.4. The second-order valence-electron chi connectivity index (χ2n) is 15.1. The molecule has 55 heavy (non-hydrogen) atoms. The van der Waals surface area contributed by atoms with Gasteiger partial charge in [-0.25, -0.2) is 4.98 Å². The fourth-order valence-electron chi connectivity index (χ4n) is 9.04. The van der Waals surface area contributed by atoms with Gasteiger partial charge in [-0.1, -0.05) is 141 Å². The van der Waals surface area contributed by atoms with Crippen LogP contribution in [0.1, 0.15) is 30.5 Å². The Balaban J connectivity index is 1.06. The summed E-state index contributed by atoms with van der Waals surface area (Å²) in [6.45, 7) is 4.59. The first-order valence-corrected chi connectivity index (χ1v) is 18.8. The van der Waals surface area contributed by atoms with Gasteiger partial charge in [-0.05, 0) is 80.2 Å². The average molecular weight is 706 g/mol. The lowest BCUT2D eigenvalue weighted by molar-refractivity contribution is 0.660. The molecule has 8 aromatic carbocycles. The van der Waals surface area contributed by atoms with Crippen LogP contribution < -0.4 is 5.62 Å². The first-order chi connectivity index (χ1) is 26.9. The normalized spacial score (nSPS) is 13.6. The number of fused-ring (bicyclic) bond motifs is 11. The molecule has 1 aliphatic rings. The Morgan fingerprint density at radius 2 is 1.24 bits per heavy atom. The molecule has 2 aromatic heterocycles. The first-order valence-electron chi connectivity index (χ1n) is 18.8. The molecule has 1 aliphatic carbocycles. The van der Waals surface area contributed by atoms with Crippen molar-refractivity contribution in [1.82, 2.24) is 14.5 Å². The third kappa shape index (κ3) is 4.69. The summed E-state index contributed by atoms with van der Waals surface area (Å²) in [5.74, 6) is 0.133. The monoisotopic (exact) mass is 705 g/mol. The highest BCUT2D eigenvalue weighted by Gasteiger charge is 2.35. The summed E-state index contributed by atoms with van der Waals surface area (Å²) >= 11 is 0. The van der Waals surface area contributed by atoms with E-state index in [1.54, 1.807) is 0 Å². The molecule has 5 heteroatoms. The largest absolute Gasteiger partial charge is 0.323 e. The van der Waals surface area contributed by atoms with Crippen molar-refractivity contribution < 1.29 is 0 Å². The number of hydrogen-bond donors (Lipinski definition) is 2. The van der Waals surface area contributed by atoms with E-state index in [1.165, 1.54) is 54.6 Å². The van der Waals surface area contributed by atoms with Crippen LogP contribution in [0.2, 0.25) is 0 Å². The fourth-order valence-corrected chi connectivity index (χ4v) is 9.04. The van der Waals surface area contributed by atoms with Crippen molar-refractivity contribution in [3.05, 3.63) is 186 Å². The molecule has 0 saturated carbocycles. The van der Waals surface area contributed by atoms with Crippen LogP contribution in [0.15, 0.2) is 169 Å². The van der Waals surface area contributed by atoms with Gasteiger partial charge in [-0.2, -0.15) is 4.99 Å². The number of amidine groups is 1. The van der Waals surface area contributed by atoms with E-state index in [9.17, 15) is 5.41 Å². The Kier molecular flexibility index (Phi) is 6.68. The molecule has 0 saturated heterocycles. The molecule has 0 atom stereocenters. The van der Waals surface area contributed by atoms with Gasteiger partial charge in [-0.3, -0.25) is 5.41 Å². The second kappa shape index (κ2) is 11.7. The minimum Gasteiger partial charge on any atom is -0.323 e. The van der Waals surface area contributed by atoms with Gasteiger partial charge < -0.3 is 9.55 Å². The van der Waals surface area contributed by atoms with E-state index in [1.807, 2.05) is 30.3 Å². The molecule has 5 nitrogen and oxygen atoms in total. The molecule has 0 unspecified atom stereocenters. The van der Waals surface area contributed by atoms with Crippen molar-refractivity contribution in [2.75, 3.05) is 0 Å². The van der Waals surface area contributed by atoms with E-state index in [2.05, 4.69) is 157 Å². The van der Waals surface area contributed by atoms with Crippen LogP contribution in [0, 0.1) is 5.41 Å². The molecule has 0 fully saturated rings. The number of nitrogens with zero attached hydrogens (tertiary/aromatic N) is 3. The summed E-state index contributed by atoms with van der Waals surface area (Å²) in [6, 6.07) is 57.8. The van der Waals surface area contributed by atoms with E-state index < -0.39 is 0 Å². The zero-order valence-corrected chi connectivity index (χ0v) is 30.4. The van der Waals surface area contributed by atoms with Crippen LogP contribution in [-0.2, 0) is 5.41 Å². The lowest BCUT2D eigenvalue weighted by Crippen LogP contribution is -2.17. The molecule has 0 spiro atoms. The van der Waals surface area contributed by atoms with Gasteiger partial charge in [-0.15, -0.1) is 0 Å². The molecule has 11 rings (SSSR count). The van der Waals surface area contributed by atoms with Gasteiger partial charge in [0, 0.05) is 38.4 Å². The summed E-state index contributed by atoms with van der Waals surface area (Å²) in [5, 5.41) is 17.6. The van der Waals surface area contributed by atoms with Crippen LogP contribution >= 0.6 is 0 Å². The van der Waals surface area contributed by atoms with Crippen LogP contribution in [-0.4, -0.2) is 20.4 Å². The van der Waals surface area contributed by atoms with Gasteiger partial charge >= 0.3 is 0 Å². The minimum absolute atomic E-state index is 0.0741. The molecular weight excluding hydrogens is 671 g/mol. The SMILES string of the molecule is CC1(C)c2ccccc2-c2cc(-c3nc(=NC(=N)c4cccc(-n5c6ccc7ccccc7c6c6c7ccccc7ccc65)c4)[nH]c4ccccc34)ccc21. The lowest BCUT2D eigenvalue weighted by Gasteiger charge is -2.21. The molecule has 2 N–H and O–H groups in total. The zero-order valence-electron chi connectivity index (χ0n) is 30.4. The molecule has 0 aliphatic heterocycles.